The van der Waals surface area contributed by atoms with E-state index in [9.17, 15) is 9.59 Å². The average Bonchev–Trinajstić information content (AvgIpc) is 3.36. The number of hydrogen-bond acceptors (Lipinski definition) is 4. The summed E-state index contributed by atoms with van der Waals surface area (Å²) >= 11 is 1.66. The number of fused-ring (bicyclic) bond motifs is 1. The fourth-order valence-corrected chi connectivity index (χ4v) is 5.25. The lowest BCUT2D eigenvalue weighted by atomic mass is 10.0. The molecule has 1 N–H and O–H groups in total. The number of carbonyl (C=O) groups is 2. The maximum Gasteiger partial charge on any atom is 0.271 e. The molecule has 0 aliphatic carbocycles. The number of rotatable bonds is 4. The van der Waals surface area contributed by atoms with E-state index in [1.54, 1.807) is 18.3 Å². The van der Waals surface area contributed by atoms with Crippen molar-refractivity contribution in [1.82, 2.24) is 14.9 Å². The van der Waals surface area contributed by atoms with Crippen molar-refractivity contribution in [1.29, 1.82) is 0 Å². The highest BCUT2D eigenvalue weighted by molar-refractivity contribution is 7.18. The van der Waals surface area contributed by atoms with Gasteiger partial charge in [0.15, 0.2) is 5.78 Å². The van der Waals surface area contributed by atoms with Gasteiger partial charge in [0.2, 0.25) is 0 Å². The Balaban J connectivity index is 1.71. The van der Waals surface area contributed by atoms with E-state index in [2.05, 4.69) is 11.1 Å². The number of likely N-dealkylation sites (tertiary alicyclic amines) is 1. The van der Waals surface area contributed by atoms with Crippen LogP contribution in [0.15, 0.2) is 24.3 Å². The van der Waals surface area contributed by atoms with Gasteiger partial charge in [-0.15, -0.1) is 11.3 Å². The minimum atomic E-state index is -0.0239. The summed E-state index contributed by atoms with van der Waals surface area (Å²) in [4.78, 5) is 35.3. The molecule has 140 valence electrons. The van der Waals surface area contributed by atoms with Crippen LogP contribution >= 0.6 is 11.3 Å². The molecule has 0 radical (unpaired) electrons. The highest BCUT2D eigenvalue weighted by Crippen LogP contribution is 2.37. The monoisotopic (exact) mass is 381 g/mol. The van der Waals surface area contributed by atoms with Crippen LogP contribution in [0.1, 0.15) is 69.8 Å². The molecule has 3 heterocycles. The SMILES string of the molecule is CCc1c(C(=O)N2CCCC2c2nc3ccccc3s2)[nH]c(C)c1C(C)=O. The van der Waals surface area contributed by atoms with Crippen LogP contribution in [0.4, 0.5) is 0 Å². The molecule has 0 saturated carbocycles. The first-order valence-corrected chi connectivity index (χ1v) is 10.2. The Bertz CT molecular complexity index is 1000. The van der Waals surface area contributed by atoms with Crippen LogP contribution in [0.3, 0.4) is 0 Å². The molecule has 27 heavy (non-hydrogen) atoms. The zero-order valence-electron chi connectivity index (χ0n) is 15.8. The lowest BCUT2D eigenvalue weighted by Gasteiger charge is -2.23. The second kappa shape index (κ2) is 6.93. The number of aromatic nitrogens is 2. The molecule has 2 aromatic heterocycles. The van der Waals surface area contributed by atoms with Crippen LogP contribution in [0.25, 0.3) is 10.2 Å². The van der Waals surface area contributed by atoms with Gasteiger partial charge in [0, 0.05) is 17.8 Å². The summed E-state index contributed by atoms with van der Waals surface area (Å²) in [6.45, 7) is 6.13. The first-order chi connectivity index (χ1) is 13.0. The molecule has 1 amide bonds. The molecular weight excluding hydrogens is 358 g/mol. The van der Waals surface area contributed by atoms with E-state index in [-0.39, 0.29) is 17.7 Å². The van der Waals surface area contributed by atoms with Crippen LogP contribution < -0.4 is 0 Å². The second-order valence-corrected chi connectivity index (χ2v) is 8.13. The van der Waals surface area contributed by atoms with Gasteiger partial charge in [-0.25, -0.2) is 4.98 Å². The number of nitrogens with zero attached hydrogens (tertiary/aromatic N) is 2. The number of benzene rings is 1. The smallest absolute Gasteiger partial charge is 0.271 e. The highest BCUT2D eigenvalue weighted by Gasteiger charge is 2.35. The van der Waals surface area contributed by atoms with Gasteiger partial charge in [0.1, 0.15) is 10.7 Å². The first-order valence-electron chi connectivity index (χ1n) is 9.40. The molecule has 5 nitrogen and oxygen atoms in total. The number of aromatic amines is 1. The average molecular weight is 382 g/mol. The van der Waals surface area contributed by atoms with Crippen LogP contribution in [-0.4, -0.2) is 33.1 Å². The van der Waals surface area contributed by atoms with Gasteiger partial charge in [0.05, 0.1) is 16.3 Å². The number of amides is 1. The third-order valence-corrected chi connectivity index (χ3v) is 6.46. The molecule has 1 fully saturated rings. The van der Waals surface area contributed by atoms with Crippen molar-refractivity contribution < 1.29 is 9.59 Å². The van der Waals surface area contributed by atoms with Crippen molar-refractivity contribution in [3.8, 4) is 0 Å². The molecule has 0 bridgehead atoms. The van der Waals surface area contributed by atoms with Crippen LogP contribution in [0.2, 0.25) is 0 Å². The number of H-pyrrole nitrogens is 1. The Morgan fingerprint density at radius 3 is 2.81 bits per heavy atom. The van der Waals surface area contributed by atoms with Gasteiger partial charge in [0.25, 0.3) is 5.91 Å². The Morgan fingerprint density at radius 2 is 2.11 bits per heavy atom. The van der Waals surface area contributed by atoms with Gasteiger partial charge >= 0.3 is 0 Å². The van der Waals surface area contributed by atoms with Gasteiger partial charge in [-0.3, -0.25) is 9.59 Å². The number of hydrogen-bond donors (Lipinski definition) is 1. The Morgan fingerprint density at radius 1 is 1.33 bits per heavy atom. The largest absolute Gasteiger partial charge is 0.354 e. The molecule has 3 aromatic rings. The number of aryl methyl sites for hydroxylation is 1. The molecule has 1 aromatic carbocycles. The van der Waals surface area contributed by atoms with Gasteiger partial charge in [-0.1, -0.05) is 19.1 Å². The lowest BCUT2D eigenvalue weighted by Crippen LogP contribution is -2.31. The summed E-state index contributed by atoms with van der Waals surface area (Å²) in [6.07, 6.45) is 2.54. The summed E-state index contributed by atoms with van der Waals surface area (Å²) in [5.41, 5.74) is 3.82. The van der Waals surface area contributed by atoms with Gasteiger partial charge < -0.3 is 9.88 Å². The third-order valence-electron chi connectivity index (χ3n) is 5.32. The molecular formula is C21H23N3O2S. The van der Waals surface area contributed by atoms with Crippen molar-refractivity contribution in [2.24, 2.45) is 0 Å². The second-order valence-electron chi connectivity index (χ2n) is 7.06. The van der Waals surface area contributed by atoms with E-state index in [0.29, 0.717) is 17.7 Å². The molecule has 1 atom stereocenters. The summed E-state index contributed by atoms with van der Waals surface area (Å²) < 4.78 is 1.15. The predicted octanol–water partition coefficient (Wildman–Crippen LogP) is 4.68. The minimum Gasteiger partial charge on any atom is -0.354 e. The van der Waals surface area contributed by atoms with Crippen LogP contribution in [-0.2, 0) is 6.42 Å². The number of para-hydroxylation sites is 1. The third kappa shape index (κ3) is 2.98. The fourth-order valence-electron chi connectivity index (χ4n) is 4.13. The fraction of sp³-hybridized carbons (Fsp3) is 0.381. The Labute approximate surface area is 162 Å². The normalized spacial score (nSPS) is 17.0. The summed E-state index contributed by atoms with van der Waals surface area (Å²) in [7, 11) is 0. The number of Topliss-reactive ketones (excluding diaryl/α,β-unsaturated/α-hetero) is 1. The highest BCUT2D eigenvalue weighted by atomic mass is 32.1. The van der Waals surface area contributed by atoms with Crippen molar-refractivity contribution in [2.75, 3.05) is 6.54 Å². The van der Waals surface area contributed by atoms with Crippen molar-refractivity contribution in [2.45, 2.75) is 46.1 Å². The number of carbonyl (C=O) groups excluding carboxylic acids is 2. The molecule has 0 spiro atoms. The molecule has 1 aliphatic heterocycles. The zero-order valence-corrected chi connectivity index (χ0v) is 16.7. The Hall–Kier alpha value is -2.47. The van der Waals surface area contributed by atoms with Gasteiger partial charge in [-0.05, 0) is 50.8 Å². The molecule has 6 heteroatoms. The molecule has 1 unspecified atom stereocenters. The van der Waals surface area contributed by atoms with E-state index >= 15 is 0 Å². The number of ketones is 1. The first kappa shape index (κ1) is 17.9. The molecule has 1 aliphatic rings. The van der Waals surface area contributed by atoms with Crippen molar-refractivity contribution in [3.63, 3.8) is 0 Å². The topological polar surface area (TPSA) is 66.1 Å². The van der Waals surface area contributed by atoms with Crippen LogP contribution in [0, 0.1) is 6.92 Å². The lowest BCUT2D eigenvalue weighted by molar-refractivity contribution is 0.0729. The van der Waals surface area contributed by atoms with E-state index in [1.165, 1.54) is 0 Å². The summed E-state index contributed by atoms with van der Waals surface area (Å²) in [6, 6.07) is 8.09. The van der Waals surface area contributed by atoms with E-state index in [1.807, 2.05) is 36.9 Å². The number of thiazole rings is 1. The number of nitrogens with one attached hydrogen (secondary N) is 1. The zero-order chi connectivity index (χ0) is 19.1. The van der Waals surface area contributed by atoms with Crippen molar-refractivity contribution in [3.05, 3.63) is 51.8 Å². The summed E-state index contributed by atoms with van der Waals surface area (Å²) in [5, 5.41) is 0.996. The summed E-state index contributed by atoms with van der Waals surface area (Å²) in [5.74, 6) is -0.0204. The minimum absolute atomic E-state index is 0.00351. The standard InChI is InChI=1S/C21H23N3O2S/c1-4-14-18(13(3)25)12(2)22-19(14)21(26)24-11-7-9-16(24)20-23-15-8-5-6-10-17(15)27-20/h5-6,8,10,16,22H,4,7,9,11H2,1-3H3. The van der Waals surface area contributed by atoms with Crippen LogP contribution in [0.5, 0.6) is 0 Å². The predicted molar refractivity (Wildman–Crippen MR) is 108 cm³/mol. The van der Waals surface area contributed by atoms with E-state index in [4.69, 9.17) is 4.98 Å². The van der Waals surface area contributed by atoms with Gasteiger partial charge in [-0.2, -0.15) is 0 Å². The molecule has 4 rings (SSSR count). The maximum atomic E-state index is 13.4. The van der Waals surface area contributed by atoms with E-state index in [0.717, 1.165) is 45.9 Å². The van der Waals surface area contributed by atoms with E-state index < -0.39 is 0 Å². The van der Waals surface area contributed by atoms with Crippen molar-refractivity contribution >= 4 is 33.2 Å². The quantitative estimate of drug-likeness (QED) is 0.668. The maximum absolute atomic E-state index is 13.4. The Kier molecular flexibility index (Phi) is 4.60. The molecule has 1 saturated heterocycles.